The van der Waals surface area contributed by atoms with Crippen molar-refractivity contribution in [3.05, 3.63) is 0 Å². The Hall–Kier alpha value is -0.740. The van der Waals surface area contributed by atoms with Gasteiger partial charge in [0.05, 0.1) is 12.5 Å². The Balaban J connectivity index is 5.14. The summed E-state index contributed by atoms with van der Waals surface area (Å²) in [7, 11) is 0. The van der Waals surface area contributed by atoms with Gasteiger partial charge >= 0.3 is 24.2 Å². The summed E-state index contributed by atoms with van der Waals surface area (Å²) in [5.41, 5.74) is 4.07. The normalized spacial score (nSPS) is 17.1. The molecule has 0 rings (SSSR count). The minimum absolute atomic E-state index is 2.66. The lowest BCUT2D eigenvalue weighted by Crippen LogP contribution is -2.61. The van der Waals surface area contributed by atoms with Gasteiger partial charge in [-0.1, -0.05) is 0 Å². The summed E-state index contributed by atoms with van der Waals surface area (Å²) in [5, 5.41) is 0. The van der Waals surface area contributed by atoms with Crippen molar-refractivity contribution in [1.29, 1.82) is 0 Å². The summed E-state index contributed by atoms with van der Waals surface area (Å²) in [4.78, 5) is 0. The van der Waals surface area contributed by atoms with Gasteiger partial charge in [-0.25, -0.2) is 0 Å². The van der Waals surface area contributed by atoms with Crippen LogP contribution >= 0.6 is 0 Å². The Morgan fingerprint density at radius 3 is 1.35 bits per heavy atom. The van der Waals surface area contributed by atoms with E-state index in [0.717, 1.165) is 0 Å². The first-order valence-corrected chi connectivity index (χ1v) is 3.77. The number of nitrogens with two attached hydrogens (primary N) is 1. The van der Waals surface area contributed by atoms with Gasteiger partial charge in [-0.3, -0.25) is 0 Å². The Morgan fingerprint density at radius 1 is 0.765 bits per heavy atom. The van der Waals surface area contributed by atoms with Crippen molar-refractivity contribution in [1.82, 2.24) is 0 Å². The van der Waals surface area contributed by atoms with Crippen molar-refractivity contribution in [2.45, 2.75) is 36.7 Å². The molecule has 104 valence electrons. The van der Waals surface area contributed by atoms with E-state index in [2.05, 4.69) is 5.73 Å². The van der Waals surface area contributed by atoms with Crippen molar-refractivity contribution >= 4 is 0 Å². The van der Waals surface area contributed by atoms with Gasteiger partial charge in [0.15, 0.2) is 0 Å². The highest BCUT2D eigenvalue weighted by Crippen LogP contribution is 2.48. The zero-order valence-electron chi connectivity index (χ0n) is 7.64. The fraction of sp³-hybridized carbons (Fsp3) is 1.00. The van der Waals surface area contributed by atoms with Crippen LogP contribution in [0.2, 0.25) is 0 Å². The zero-order valence-corrected chi connectivity index (χ0v) is 7.64. The third-order valence-corrected chi connectivity index (χ3v) is 1.69. The molecule has 0 aromatic carbocycles. The van der Waals surface area contributed by atoms with E-state index in [9.17, 15) is 43.9 Å². The van der Waals surface area contributed by atoms with Crippen LogP contribution in [-0.2, 0) is 0 Å². The van der Waals surface area contributed by atoms with Crippen LogP contribution in [0.25, 0.3) is 0 Å². The second kappa shape index (κ2) is 4.18. The second-order valence-electron chi connectivity index (χ2n) is 3.12. The molecule has 0 aliphatic carbocycles. The van der Waals surface area contributed by atoms with Crippen LogP contribution in [0.5, 0.6) is 0 Å². The van der Waals surface area contributed by atoms with Crippen molar-refractivity contribution in [3.63, 3.8) is 0 Å². The molecule has 17 heavy (non-hydrogen) atoms. The summed E-state index contributed by atoms with van der Waals surface area (Å²) in [6.45, 7) is 0. The molecular formula is C6H5F10N. The van der Waals surface area contributed by atoms with Crippen molar-refractivity contribution in [2.24, 2.45) is 5.73 Å². The Morgan fingerprint density at radius 2 is 1.12 bits per heavy atom. The molecule has 0 saturated heterocycles. The minimum atomic E-state index is -6.69. The quantitative estimate of drug-likeness (QED) is 0.790. The van der Waals surface area contributed by atoms with Gasteiger partial charge in [0.25, 0.3) is 0 Å². The van der Waals surface area contributed by atoms with E-state index in [4.69, 9.17) is 0 Å². The van der Waals surface area contributed by atoms with E-state index in [0.29, 0.717) is 0 Å². The lowest BCUT2D eigenvalue weighted by molar-refractivity contribution is -0.361. The highest BCUT2D eigenvalue weighted by molar-refractivity contribution is 4.98. The Labute approximate surface area is 87.6 Å². The van der Waals surface area contributed by atoms with E-state index in [1.807, 2.05) is 0 Å². The summed E-state index contributed by atoms with van der Waals surface area (Å²) in [6.07, 6.45) is -14.7. The average Bonchev–Trinajstić information content (AvgIpc) is 1.97. The summed E-state index contributed by atoms with van der Waals surface area (Å²) in [5.74, 6) is -12.7. The molecule has 0 spiro atoms. The molecule has 0 aliphatic heterocycles. The predicted octanol–water partition coefficient (Wildman–Crippen LogP) is 3.10. The SMILES string of the molecule is N[C@H](CC(F)(F)F)C(F)(F)C(F)(F)C(F)(F)F. The fourth-order valence-electron chi connectivity index (χ4n) is 0.799. The second-order valence-corrected chi connectivity index (χ2v) is 3.12. The number of halogens is 10. The molecule has 11 heteroatoms. The van der Waals surface area contributed by atoms with Crippen LogP contribution in [0, 0.1) is 0 Å². The molecule has 2 N–H and O–H groups in total. The topological polar surface area (TPSA) is 26.0 Å². The molecule has 0 bridgehead atoms. The van der Waals surface area contributed by atoms with Gasteiger partial charge in [-0.05, 0) is 0 Å². The van der Waals surface area contributed by atoms with E-state index >= 15 is 0 Å². The van der Waals surface area contributed by atoms with Crippen molar-refractivity contribution in [3.8, 4) is 0 Å². The fourth-order valence-corrected chi connectivity index (χ4v) is 0.799. The summed E-state index contributed by atoms with van der Waals surface area (Å²) >= 11 is 0. The molecule has 1 nitrogen and oxygen atoms in total. The first kappa shape index (κ1) is 16.3. The van der Waals surface area contributed by atoms with E-state index < -0.39 is 36.7 Å². The largest absolute Gasteiger partial charge is 0.459 e. The van der Waals surface area contributed by atoms with E-state index in [1.54, 1.807) is 0 Å². The molecule has 0 unspecified atom stereocenters. The average molecular weight is 281 g/mol. The summed E-state index contributed by atoms with van der Waals surface area (Å²) < 4.78 is 119. The molecule has 0 aliphatic rings. The third kappa shape index (κ3) is 3.36. The minimum Gasteiger partial charge on any atom is -0.322 e. The van der Waals surface area contributed by atoms with Gasteiger partial charge in [0.1, 0.15) is 0 Å². The highest BCUT2D eigenvalue weighted by Gasteiger charge is 2.75. The van der Waals surface area contributed by atoms with Gasteiger partial charge in [0.2, 0.25) is 0 Å². The molecule has 0 saturated carbocycles. The highest BCUT2D eigenvalue weighted by atomic mass is 19.4. The van der Waals surface area contributed by atoms with Crippen LogP contribution in [0.1, 0.15) is 6.42 Å². The zero-order chi connectivity index (χ0) is 14.3. The van der Waals surface area contributed by atoms with Gasteiger partial charge in [0, 0.05) is 0 Å². The molecule has 1 atom stereocenters. The molecule has 0 fully saturated rings. The molecule has 0 amide bonds. The number of hydrogen-bond acceptors (Lipinski definition) is 1. The monoisotopic (exact) mass is 281 g/mol. The van der Waals surface area contributed by atoms with Gasteiger partial charge < -0.3 is 5.73 Å². The maximum absolute atomic E-state index is 12.5. The molecule has 0 heterocycles. The van der Waals surface area contributed by atoms with Crippen LogP contribution < -0.4 is 5.73 Å². The predicted molar refractivity (Wildman–Crippen MR) is 34.6 cm³/mol. The number of hydrogen-bond donors (Lipinski definition) is 1. The first-order chi connectivity index (χ1) is 7.13. The molecule has 0 aromatic rings. The van der Waals surface area contributed by atoms with Crippen LogP contribution in [0.3, 0.4) is 0 Å². The Kier molecular flexibility index (Phi) is 3.99. The molecular weight excluding hydrogens is 276 g/mol. The Bertz CT molecular complexity index is 263. The van der Waals surface area contributed by atoms with Crippen molar-refractivity contribution < 1.29 is 43.9 Å². The van der Waals surface area contributed by atoms with Crippen molar-refractivity contribution in [2.75, 3.05) is 0 Å². The maximum atomic E-state index is 12.5. The van der Waals surface area contributed by atoms with Crippen LogP contribution in [0.4, 0.5) is 43.9 Å². The van der Waals surface area contributed by atoms with Crippen LogP contribution in [-0.4, -0.2) is 30.2 Å². The van der Waals surface area contributed by atoms with E-state index in [-0.39, 0.29) is 0 Å². The van der Waals surface area contributed by atoms with Gasteiger partial charge in [-0.2, -0.15) is 43.9 Å². The number of rotatable bonds is 3. The number of alkyl halides is 10. The van der Waals surface area contributed by atoms with E-state index in [1.165, 1.54) is 0 Å². The maximum Gasteiger partial charge on any atom is 0.459 e. The van der Waals surface area contributed by atoms with Crippen LogP contribution in [0.15, 0.2) is 0 Å². The smallest absolute Gasteiger partial charge is 0.322 e. The lowest BCUT2D eigenvalue weighted by atomic mass is 10.0. The molecule has 0 aromatic heterocycles. The van der Waals surface area contributed by atoms with Gasteiger partial charge in [-0.15, -0.1) is 0 Å². The third-order valence-electron chi connectivity index (χ3n) is 1.69. The first-order valence-electron chi connectivity index (χ1n) is 3.77. The summed E-state index contributed by atoms with van der Waals surface area (Å²) in [6, 6.07) is -3.70. The molecule has 0 radical (unpaired) electrons. The lowest BCUT2D eigenvalue weighted by Gasteiger charge is -2.32. The standard InChI is InChI=1S/C6H5F10N/c7-3(8,9)1-2(17)4(10,11)5(12,13)6(14,15)16/h2H,1,17H2/t2-/m1/s1.